The van der Waals surface area contributed by atoms with Crippen molar-refractivity contribution in [3.63, 3.8) is 0 Å². The van der Waals surface area contributed by atoms with Crippen LogP contribution in [-0.2, 0) is 6.54 Å². The summed E-state index contributed by atoms with van der Waals surface area (Å²) < 4.78 is 1.52. The van der Waals surface area contributed by atoms with E-state index in [0.29, 0.717) is 6.54 Å². The number of aliphatic hydroxyl groups is 1. The maximum atomic E-state index is 11.4. The molecule has 0 aliphatic heterocycles. The molecule has 0 aliphatic rings. The van der Waals surface area contributed by atoms with Gasteiger partial charge in [-0.1, -0.05) is 12.1 Å². The Morgan fingerprint density at radius 1 is 1.36 bits per heavy atom. The van der Waals surface area contributed by atoms with E-state index in [9.17, 15) is 4.79 Å². The normalized spacial score (nSPS) is 10.6. The first kappa shape index (κ1) is 8.90. The number of hydrogen-bond acceptors (Lipinski definition) is 3. The average molecular weight is 190 g/mol. The third-order valence-electron chi connectivity index (χ3n) is 2.08. The Balaban J connectivity index is 2.76. The molecular formula is C10H10N2O2. The number of para-hydroxylation sites is 2. The lowest BCUT2D eigenvalue weighted by molar-refractivity contribution is 0.276. The molecule has 0 saturated carbocycles. The van der Waals surface area contributed by atoms with Crippen molar-refractivity contribution < 1.29 is 5.11 Å². The molecule has 4 heteroatoms. The molecule has 2 aromatic rings. The van der Waals surface area contributed by atoms with Gasteiger partial charge in [-0.3, -0.25) is 4.79 Å². The number of rotatable bonds is 2. The molecule has 1 aromatic heterocycles. The fraction of sp³-hybridized carbons (Fsp3) is 0.200. The molecule has 0 unspecified atom stereocenters. The topological polar surface area (TPSA) is 55.1 Å². The summed E-state index contributed by atoms with van der Waals surface area (Å²) in [5.41, 5.74) is 1.34. The zero-order valence-corrected chi connectivity index (χ0v) is 7.55. The smallest absolute Gasteiger partial charge is 0.269 e. The summed E-state index contributed by atoms with van der Waals surface area (Å²) in [5.74, 6) is 0. The van der Waals surface area contributed by atoms with Gasteiger partial charge in [0.25, 0.3) is 5.56 Å². The van der Waals surface area contributed by atoms with Crippen LogP contribution in [0.4, 0.5) is 0 Å². The zero-order valence-electron chi connectivity index (χ0n) is 7.55. The maximum Gasteiger partial charge on any atom is 0.269 e. The highest BCUT2D eigenvalue weighted by Gasteiger charge is 2.01. The van der Waals surface area contributed by atoms with E-state index >= 15 is 0 Å². The Labute approximate surface area is 80.4 Å². The van der Waals surface area contributed by atoms with E-state index in [-0.39, 0.29) is 12.2 Å². The Hall–Kier alpha value is -1.68. The number of hydrogen-bond donors (Lipinski definition) is 1. The summed E-state index contributed by atoms with van der Waals surface area (Å²) in [6.07, 6.45) is 1.28. The zero-order chi connectivity index (χ0) is 9.97. The Kier molecular flexibility index (Phi) is 2.28. The van der Waals surface area contributed by atoms with Crippen molar-refractivity contribution in [1.29, 1.82) is 0 Å². The fourth-order valence-electron chi connectivity index (χ4n) is 1.45. The second-order valence-corrected chi connectivity index (χ2v) is 2.96. The highest BCUT2D eigenvalue weighted by molar-refractivity contribution is 5.74. The minimum atomic E-state index is -0.183. The Bertz CT molecular complexity index is 505. The fourth-order valence-corrected chi connectivity index (χ4v) is 1.45. The van der Waals surface area contributed by atoms with Gasteiger partial charge < -0.3 is 9.67 Å². The van der Waals surface area contributed by atoms with Crippen molar-refractivity contribution in [2.45, 2.75) is 6.54 Å². The van der Waals surface area contributed by atoms with Gasteiger partial charge in [0, 0.05) is 6.54 Å². The minimum Gasteiger partial charge on any atom is -0.395 e. The highest BCUT2D eigenvalue weighted by atomic mass is 16.3. The van der Waals surface area contributed by atoms with Gasteiger partial charge in [0.2, 0.25) is 0 Å². The number of nitrogens with zero attached hydrogens (tertiary/aromatic N) is 2. The van der Waals surface area contributed by atoms with Gasteiger partial charge in [0.05, 0.1) is 23.8 Å². The summed E-state index contributed by atoms with van der Waals surface area (Å²) in [5, 5.41) is 8.82. The van der Waals surface area contributed by atoms with Gasteiger partial charge in [0.15, 0.2) is 0 Å². The molecule has 0 radical (unpaired) electrons. The predicted octanol–water partition coefficient (Wildman–Crippen LogP) is 0.389. The molecule has 14 heavy (non-hydrogen) atoms. The van der Waals surface area contributed by atoms with Crippen molar-refractivity contribution in [1.82, 2.24) is 9.55 Å². The lowest BCUT2D eigenvalue weighted by Crippen LogP contribution is -2.21. The van der Waals surface area contributed by atoms with Crippen LogP contribution < -0.4 is 5.56 Å². The van der Waals surface area contributed by atoms with E-state index in [1.54, 1.807) is 0 Å². The van der Waals surface area contributed by atoms with Gasteiger partial charge in [0.1, 0.15) is 0 Å². The van der Waals surface area contributed by atoms with E-state index in [2.05, 4.69) is 4.98 Å². The molecule has 0 aliphatic carbocycles. The van der Waals surface area contributed by atoms with Crippen LogP contribution in [0.15, 0.2) is 35.3 Å². The van der Waals surface area contributed by atoms with Crippen molar-refractivity contribution >= 4 is 11.0 Å². The van der Waals surface area contributed by atoms with Crippen LogP contribution in [0, 0.1) is 0 Å². The van der Waals surface area contributed by atoms with Gasteiger partial charge in [-0.05, 0) is 12.1 Å². The maximum absolute atomic E-state index is 11.4. The summed E-state index contributed by atoms with van der Waals surface area (Å²) in [6, 6.07) is 7.36. The van der Waals surface area contributed by atoms with Crippen molar-refractivity contribution in [3.05, 3.63) is 40.8 Å². The van der Waals surface area contributed by atoms with Crippen molar-refractivity contribution in [2.24, 2.45) is 0 Å². The van der Waals surface area contributed by atoms with Crippen LogP contribution in [0.2, 0.25) is 0 Å². The predicted molar refractivity (Wildman–Crippen MR) is 53.1 cm³/mol. The van der Waals surface area contributed by atoms with E-state index in [1.807, 2.05) is 24.3 Å². The van der Waals surface area contributed by atoms with E-state index in [4.69, 9.17) is 5.11 Å². The van der Waals surface area contributed by atoms with Crippen molar-refractivity contribution in [2.75, 3.05) is 6.61 Å². The lowest BCUT2D eigenvalue weighted by atomic mass is 10.3. The number of fused-ring (bicyclic) bond motifs is 1. The van der Waals surface area contributed by atoms with E-state index in [0.717, 1.165) is 11.0 Å². The first-order valence-electron chi connectivity index (χ1n) is 4.38. The van der Waals surface area contributed by atoms with Gasteiger partial charge in [-0.2, -0.15) is 0 Å². The molecule has 1 heterocycles. The quantitative estimate of drug-likeness (QED) is 0.745. The second kappa shape index (κ2) is 3.59. The number of benzene rings is 1. The standard InChI is InChI=1S/C10H10N2O2/c13-6-5-12-9-4-2-1-3-8(9)11-7-10(12)14/h1-4,7,13H,5-6H2. The Morgan fingerprint density at radius 3 is 2.93 bits per heavy atom. The molecule has 0 fully saturated rings. The SMILES string of the molecule is O=c1cnc2ccccc2n1CCO. The first-order chi connectivity index (χ1) is 6.83. The molecular weight excluding hydrogens is 180 g/mol. The summed E-state index contributed by atoms with van der Waals surface area (Å²) >= 11 is 0. The molecule has 1 aromatic carbocycles. The molecule has 4 nitrogen and oxygen atoms in total. The molecule has 2 rings (SSSR count). The third-order valence-corrected chi connectivity index (χ3v) is 2.08. The van der Waals surface area contributed by atoms with Gasteiger partial charge >= 0.3 is 0 Å². The minimum absolute atomic E-state index is 0.0477. The second-order valence-electron chi connectivity index (χ2n) is 2.96. The van der Waals surface area contributed by atoms with Crippen molar-refractivity contribution in [3.8, 4) is 0 Å². The number of aromatic nitrogens is 2. The molecule has 0 spiro atoms. The highest BCUT2D eigenvalue weighted by Crippen LogP contribution is 2.07. The molecule has 0 atom stereocenters. The van der Waals surface area contributed by atoms with Crippen LogP contribution in [0.5, 0.6) is 0 Å². The monoisotopic (exact) mass is 190 g/mol. The number of aliphatic hydroxyl groups excluding tert-OH is 1. The summed E-state index contributed by atoms with van der Waals surface area (Å²) in [7, 11) is 0. The third kappa shape index (κ3) is 1.40. The molecule has 0 bridgehead atoms. The van der Waals surface area contributed by atoms with Crippen LogP contribution >= 0.6 is 0 Å². The molecule has 72 valence electrons. The van der Waals surface area contributed by atoms with Gasteiger partial charge in [-0.25, -0.2) is 4.98 Å². The van der Waals surface area contributed by atoms with Crippen LogP contribution in [0.25, 0.3) is 11.0 Å². The first-order valence-corrected chi connectivity index (χ1v) is 4.38. The Morgan fingerprint density at radius 2 is 2.14 bits per heavy atom. The average Bonchev–Trinajstić information content (AvgIpc) is 2.23. The van der Waals surface area contributed by atoms with Gasteiger partial charge in [-0.15, -0.1) is 0 Å². The van der Waals surface area contributed by atoms with Crippen LogP contribution in [-0.4, -0.2) is 21.3 Å². The largest absolute Gasteiger partial charge is 0.395 e. The van der Waals surface area contributed by atoms with E-state index in [1.165, 1.54) is 10.8 Å². The summed E-state index contributed by atoms with van der Waals surface area (Å²) in [4.78, 5) is 15.4. The van der Waals surface area contributed by atoms with Crippen LogP contribution in [0.1, 0.15) is 0 Å². The van der Waals surface area contributed by atoms with E-state index < -0.39 is 0 Å². The summed E-state index contributed by atoms with van der Waals surface area (Å²) in [6.45, 7) is 0.260. The molecule has 0 saturated heterocycles. The van der Waals surface area contributed by atoms with Crippen LogP contribution in [0.3, 0.4) is 0 Å². The molecule has 0 amide bonds. The molecule has 1 N–H and O–H groups in total. The lowest BCUT2D eigenvalue weighted by Gasteiger charge is -2.06.